The van der Waals surface area contributed by atoms with Crippen LogP contribution in [0, 0.1) is 6.92 Å². The number of phenols is 3. The van der Waals surface area contributed by atoms with E-state index in [4.69, 9.17) is 25.2 Å². The Morgan fingerprint density at radius 3 is 1.63 bits per heavy atom. The number of benzene rings is 4. The van der Waals surface area contributed by atoms with E-state index in [-0.39, 0.29) is 53.8 Å². The van der Waals surface area contributed by atoms with Crippen molar-refractivity contribution in [2.24, 2.45) is 0 Å². The molecule has 0 aromatic heterocycles. The van der Waals surface area contributed by atoms with Gasteiger partial charge in [0.1, 0.15) is 5.75 Å². The van der Waals surface area contributed by atoms with E-state index in [2.05, 4.69) is 74.5 Å². The minimum Gasteiger partial charge on any atom is -0.504 e. The van der Waals surface area contributed by atoms with Crippen LogP contribution in [-0.2, 0) is 27.2 Å². The van der Waals surface area contributed by atoms with Gasteiger partial charge in [0, 0.05) is 62.4 Å². The van der Waals surface area contributed by atoms with Gasteiger partial charge in [-0.25, -0.2) is 9.59 Å². The number of hydrogen-bond acceptors (Lipinski definition) is 7. The number of aromatic hydroxyl groups is 3. The maximum atomic E-state index is 11.6. The van der Waals surface area contributed by atoms with E-state index in [1.807, 2.05) is 79.7 Å². The fourth-order valence-corrected chi connectivity index (χ4v) is 3.50. The molecule has 0 amide bonds. The van der Waals surface area contributed by atoms with Gasteiger partial charge in [-0.1, -0.05) is 78.9 Å². The normalized spacial score (nSPS) is 9.67. The molecule has 0 unspecified atom stereocenters. The second-order valence-electron chi connectivity index (χ2n) is 9.22. The first-order valence-electron chi connectivity index (χ1n) is 13.9. The van der Waals surface area contributed by atoms with E-state index in [9.17, 15) is 14.7 Å². The summed E-state index contributed by atoms with van der Waals surface area (Å²) < 4.78 is 5.15. The molecule has 4 aromatic carbocycles. The number of carboxylic acid groups (broad SMARTS) is 1. The molecule has 0 bridgehead atoms. The summed E-state index contributed by atoms with van der Waals surface area (Å²) in [5, 5.41) is 44.2. The Hall–Kier alpha value is -0.960. The van der Waals surface area contributed by atoms with Crippen LogP contribution in [0.2, 0.25) is 0 Å². The molecule has 0 aliphatic carbocycles. The first-order chi connectivity index (χ1) is 23.1. The van der Waals surface area contributed by atoms with Gasteiger partial charge < -0.3 is 30.3 Å². The molecule has 0 fully saturated rings. The minimum atomic E-state index is -0.922. The monoisotopic (exact) mass is 1350 g/mol. The predicted octanol–water partition coefficient (Wildman–Crippen LogP) is 7.08. The molecule has 0 saturated carbocycles. The molecule has 8 nitrogen and oxygen atoms in total. The minimum absolute atomic E-state index is 0. The van der Waals surface area contributed by atoms with Crippen molar-refractivity contribution in [3.63, 3.8) is 0 Å². The van der Waals surface area contributed by atoms with Crippen LogP contribution in [-0.4, -0.2) is 50.7 Å². The third kappa shape index (κ3) is 26.5. The molecule has 0 aliphatic heterocycles. The van der Waals surface area contributed by atoms with Gasteiger partial charge in [-0.2, -0.15) is 0 Å². The average Bonchev–Trinajstić information content (AvgIpc) is 3.09. The Morgan fingerprint density at radius 2 is 1.18 bits per heavy atom. The second kappa shape index (κ2) is 32.9. The molecule has 5 N–H and O–H groups in total. The number of ether oxygens (including phenoxy) is 1. The van der Waals surface area contributed by atoms with Gasteiger partial charge >= 0.3 is 62.4 Å². The van der Waals surface area contributed by atoms with Crippen molar-refractivity contribution in [2.75, 3.05) is 13.2 Å². The smallest absolute Gasteiger partial charge is 0.328 e. The maximum Gasteiger partial charge on any atom is 0.328 e. The molecule has 0 spiro atoms. The molecule has 49 heavy (non-hydrogen) atoms. The zero-order valence-corrected chi connectivity index (χ0v) is 39.3. The van der Waals surface area contributed by atoms with E-state index in [0.29, 0.717) is 32.7 Å². The number of carbonyl (C=O) groups is 2. The summed E-state index contributed by atoms with van der Waals surface area (Å²) in [6, 6.07) is 28.8. The first-order valence-corrected chi connectivity index (χ1v) is 32.7. The topological polar surface area (TPSA) is 145 Å². The number of aliphatic carboxylic acids is 1. The molecular formula is C35H37I6O8-. The van der Waals surface area contributed by atoms with Gasteiger partial charge in [-0.3, -0.25) is 0 Å². The van der Waals surface area contributed by atoms with Crippen molar-refractivity contribution in [1.82, 2.24) is 0 Å². The SMILES string of the molecule is Cc1cc(CCOC(=O)/C=C\c2ccccc2)ccc1O.I.II.I[I-]I.O=C(O)/C=C\c1ccccc1.OCCc1ccc(O)c(O)c1. The second-order valence-corrected chi connectivity index (χ2v) is 25.5. The summed E-state index contributed by atoms with van der Waals surface area (Å²) in [7, 11) is 0. The van der Waals surface area contributed by atoms with Crippen LogP contribution in [0.5, 0.6) is 17.2 Å². The molecule has 0 heterocycles. The van der Waals surface area contributed by atoms with Crippen molar-refractivity contribution < 1.29 is 53.1 Å². The van der Waals surface area contributed by atoms with Crippen molar-refractivity contribution >= 4 is 123 Å². The van der Waals surface area contributed by atoms with Crippen LogP contribution in [0.3, 0.4) is 0 Å². The molecule has 4 rings (SSSR count). The summed E-state index contributed by atoms with van der Waals surface area (Å²) >= 11 is 9.54. The van der Waals surface area contributed by atoms with E-state index in [0.717, 1.165) is 33.9 Å². The quantitative estimate of drug-likeness (QED) is 0.0518. The largest absolute Gasteiger partial charge is 0.504 e. The number of aliphatic hydroxyl groups excluding tert-OH is 1. The summed E-state index contributed by atoms with van der Waals surface area (Å²) in [5.74, 6) is -1.27. The number of phenolic OH excluding ortho intramolecular Hbond substituents is 3. The Labute approximate surface area is 357 Å². The van der Waals surface area contributed by atoms with E-state index >= 15 is 0 Å². The van der Waals surface area contributed by atoms with E-state index in [1.54, 1.807) is 24.3 Å². The Bertz CT molecular complexity index is 1520. The zero-order valence-electron chi connectivity index (χ0n) is 26.1. The number of rotatable bonds is 9. The van der Waals surface area contributed by atoms with Gasteiger partial charge in [0.05, 0.1) is 6.61 Å². The standard InChI is InChI=1S/C18H18O3.C9H8O2.C8H10O3.I3.I2.HI/c1-14-13-16(7-9-17(14)19)11-12-21-18(20)10-8-15-5-3-2-4-6-15;10-9(11)7-6-8-4-2-1-3-5-8;9-4-3-6-1-2-7(10)8(11)5-6;1-3-2;1-2;/h2-10,13,19H,11-12H2,1H3;1-7H,(H,10,11);1-2,5,9-11H,3-4H2;;;1H/q;;;-1;;/b10-8-;7-6-;;;;. The van der Waals surface area contributed by atoms with Gasteiger partial charge in [-0.15, -0.1) is 24.0 Å². The van der Waals surface area contributed by atoms with Gasteiger partial charge in [-0.05, 0) is 71.5 Å². The van der Waals surface area contributed by atoms with Crippen LogP contribution >= 0.6 is 98.4 Å². The van der Waals surface area contributed by atoms with Gasteiger partial charge in [0.15, 0.2) is 11.5 Å². The van der Waals surface area contributed by atoms with Crippen LogP contribution in [0.1, 0.15) is 27.8 Å². The number of aryl methyl sites for hydroxylation is 1. The molecule has 0 aliphatic rings. The third-order valence-electron chi connectivity index (χ3n) is 5.77. The zero-order chi connectivity index (χ0) is 36.2. The van der Waals surface area contributed by atoms with Crippen molar-refractivity contribution in [3.8, 4) is 17.2 Å². The fourth-order valence-electron chi connectivity index (χ4n) is 3.50. The predicted molar refractivity (Wildman–Crippen MR) is 238 cm³/mol. The number of carboxylic acids is 1. The van der Waals surface area contributed by atoms with Gasteiger partial charge in [0.25, 0.3) is 0 Å². The van der Waals surface area contributed by atoms with E-state index in [1.165, 1.54) is 18.2 Å². The number of carbonyl (C=O) groups excluding carboxylic acids is 1. The Balaban J connectivity index is 0. The average molecular weight is 1350 g/mol. The summed E-state index contributed by atoms with van der Waals surface area (Å²) in [6.45, 7) is 2.21. The Kier molecular flexibility index (Phi) is 33.7. The van der Waals surface area contributed by atoms with Crippen LogP contribution in [0.25, 0.3) is 12.2 Å². The van der Waals surface area contributed by atoms with Crippen LogP contribution in [0.4, 0.5) is 0 Å². The molecular weight excluding hydrogens is 1310 g/mol. The van der Waals surface area contributed by atoms with Crippen LogP contribution in [0.15, 0.2) is 109 Å². The molecule has 14 heteroatoms. The third-order valence-corrected chi connectivity index (χ3v) is 5.77. The summed E-state index contributed by atoms with van der Waals surface area (Å²) in [5.41, 5.74) is 4.52. The van der Waals surface area contributed by atoms with Crippen molar-refractivity contribution in [2.45, 2.75) is 19.8 Å². The summed E-state index contributed by atoms with van der Waals surface area (Å²) in [6.07, 6.45) is 6.96. The summed E-state index contributed by atoms with van der Waals surface area (Å²) in [4.78, 5) is 21.7. The Morgan fingerprint density at radius 1 is 0.714 bits per heavy atom. The fraction of sp³-hybridized carbons (Fsp3) is 0.143. The van der Waals surface area contributed by atoms with Crippen LogP contribution < -0.4 is 13.3 Å². The first kappa shape index (κ1) is 50.1. The molecule has 0 atom stereocenters. The van der Waals surface area contributed by atoms with E-state index < -0.39 is 5.97 Å². The molecule has 268 valence electrons. The number of aliphatic hydroxyl groups is 1. The van der Waals surface area contributed by atoms with Crippen molar-refractivity contribution in [1.29, 1.82) is 0 Å². The molecule has 0 saturated heterocycles. The number of hydrogen-bond donors (Lipinski definition) is 5. The maximum absolute atomic E-state index is 11.6. The number of esters is 1. The van der Waals surface area contributed by atoms with Gasteiger partial charge in [0.2, 0.25) is 0 Å². The molecule has 0 radical (unpaired) electrons. The van der Waals surface area contributed by atoms with Crippen molar-refractivity contribution in [3.05, 3.63) is 137 Å². The number of halogens is 6. The molecule has 4 aromatic rings.